The number of carbonyl (C=O) groups is 5. The van der Waals surface area contributed by atoms with Gasteiger partial charge >= 0.3 is 36.1 Å². The number of sulfone groups is 1. The summed E-state index contributed by atoms with van der Waals surface area (Å²) < 4.78 is 96.0. The molecule has 4 aromatic carbocycles. The van der Waals surface area contributed by atoms with Gasteiger partial charge in [0.2, 0.25) is 11.8 Å². The van der Waals surface area contributed by atoms with Gasteiger partial charge in [-0.2, -0.15) is 23.7 Å². The third kappa shape index (κ3) is 18.5. The summed E-state index contributed by atoms with van der Waals surface area (Å²) in [6.45, 7) is 20.9. The summed E-state index contributed by atoms with van der Waals surface area (Å²) in [4.78, 5) is 92.5. The summed E-state index contributed by atoms with van der Waals surface area (Å²) in [5.41, 5.74) is 3.69. The largest absolute Gasteiger partial charge is 0.493 e. The number of halogens is 7. The van der Waals surface area contributed by atoms with Gasteiger partial charge in [0, 0.05) is 53.7 Å². The predicted octanol–water partition coefficient (Wildman–Crippen LogP) is 11.6. The van der Waals surface area contributed by atoms with E-state index in [-0.39, 0.29) is 98.5 Å². The minimum absolute atomic E-state index is 0.0424. The first-order chi connectivity index (χ1) is 48.9. The number of benzene rings is 4. The Morgan fingerprint density at radius 2 is 1.42 bits per heavy atom. The van der Waals surface area contributed by atoms with E-state index in [1.165, 1.54) is 47.6 Å². The van der Waals surface area contributed by atoms with Crippen LogP contribution in [0.4, 0.5) is 18.9 Å². The van der Waals surface area contributed by atoms with E-state index in [9.17, 15) is 60.3 Å². The van der Waals surface area contributed by atoms with E-state index >= 15 is 0 Å². The number of hydrogen-bond donors (Lipinski definition) is 1. The predicted molar refractivity (Wildman–Crippen MR) is 385 cm³/mol. The maximum Gasteiger partial charge on any atom is 0.355 e. The topological polar surface area (TPSA) is 308 Å². The molecule has 2 unspecified atom stereocenters. The smallest absolute Gasteiger partial charge is 0.355 e. The molecule has 0 fully saturated rings. The lowest BCUT2D eigenvalue weighted by Crippen LogP contribution is -2.48. The quantitative estimate of drug-likeness (QED) is 0.0340. The van der Waals surface area contributed by atoms with E-state index in [0.29, 0.717) is 88.0 Å². The molecule has 104 heavy (non-hydrogen) atoms. The Morgan fingerprint density at radius 1 is 0.788 bits per heavy atom. The number of anilines is 1. The summed E-state index contributed by atoms with van der Waals surface area (Å²) in [5, 5.41) is 26.7. The van der Waals surface area contributed by atoms with Crippen molar-refractivity contribution in [2.75, 3.05) is 50.9 Å². The summed E-state index contributed by atoms with van der Waals surface area (Å²) in [6, 6.07) is 13.9. The van der Waals surface area contributed by atoms with Crippen molar-refractivity contribution < 1.29 is 79.2 Å². The number of oxime groups is 1. The summed E-state index contributed by atoms with van der Waals surface area (Å²) in [5.74, 6) is -3.69. The Balaban J connectivity index is 0.000000194. The highest BCUT2D eigenvalue weighted by Crippen LogP contribution is 2.41. The summed E-state index contributed by atoms with van der Waals surface area (Å²) in [6.07, 6.45) is 4.38. The second kappa shape index (κ2) is 34.9. The SMILES string of the molecule is CCOC(=O)C(Cl)Cc1cc(-n2nc(C)n(C(F)F)c2=O)c(F)cc1Cl.CCOC(=O)C1=NN(c2ccc(Cl)cc2Cl)C(C)(C(=O)OCC)C1.CCc1cc(C)cc(CC)c1-c1c(OC(=O)C(C)(C)C)n2n(c1=O)CCOCC2.Cc1c(C(=O)c2cnn(C)c2O)ccc(S(C)(=O)=O)c1C1=NOCC1. The van der Waals surface area contributed by atoms with Gasteiger partial charge in [0.05, 0.1) is 79.1 Å². The molecule has 26 nitrogen and oxygen atoms in total. The van der Waals surface area contributed by atoms with Crippen molar-refractivity contribution in [2.24, 2.45) is 22.7 Å². The van der Waals surface area contributed by atoms with E-state index in [1.807, 2.05) is 20.8 Å². The van der Waals surface area contributed by atoms with Gasteiger partial charge in [-0.05, 0) is 152 Å². The minimum atomic E-state index is -3.52. The third-order valence-corrected chi connectivity index (χ3v) is 18.8. The molecule has 2 atom stereocenters. The highest BCUT2D eigenvalue weighted by atomic mass is 35.5. The van der Waals surface area contributed by atoms with Crippen LogP contribution in [-0.4, -0.2) is 145 Å². The standard InChI is InChI=1S/C23H32N2O4.C16H18Cl2N2O4.C16H17N3O5S.C15H14Cl2F3N3O3/c1-7-16-13-15(3)14-17(8-2)18(16)19-20(26)24-9-11-28-12-10-25(24)21(19)29-22(27)23(4,5)6;1-4-23-14(21)12-9-16(3,15(22)24-5-2)20(19-12)13-7-6-10(17)8-11(13)18;1-9-10(15(20)11-8-17-19(2)16(11)21)4-5-13(25(3,22)23)14(9)12-6-7-24-18-12;1-3-26-13(24)10(17)4-8-5-12(11(18)6-9(8)16)23-15(25)22(14(19)20)7(2)21-23/h13-14H,7-12H2,1-6H3;6-8H,4-5,9H2,1-3H3;4-5,8,21H,6-7H2,1-3H3;5-6,10,14H,3-4H2,1-2H3. The van der Waals surface area contributed by atoms with Gasteiger partial charge in [-0.15, -0.1) is 16.7 Å². The van der Waals surface area contributed by atoms with Gasteiger partial charge in [0.15, 0.2) is 27.0 Å². The van der Waals surface area contributed by atoms with Crippen molar-refractivity contribution in [3.8, 4) is 28.6 Å². The van der Waals surface area contributed by atoms with Crippen molar-refractivity contribution in [3.05, 3.63) is 153 Å². The first-order valence-corrected chi connectivity index (χ1v) is 36.3. The van der Waals surface area contributed by atoms with Crippen LogP contribution in [0, 0.1) is 32.0 Å². The molecular weight excluding hydrogens is 1470 g/mol. The van der Waals surface area contributed by atoms with Crippen molar-refractivity contribution in [2.45, 2.75) is 151 Å². The number of hydrazone groups is 1. The zero-order valence-electron chi connectivity index (χ0n) is 59.7. The van der Waals surface area contributed by atoms with Crippen LogP contribution in [0.3, 0.4) is 0 Å². The van der Waals surface area contributed by atoms with E-state index in [0.717, 1.165) is 47.9 Å². The molecule has 0 aliphatic carbocycles. The van der Waals surface area contributed by atoms with Crippen molar-refractivity contribution in [1.29, 1.82) is 0 Å². The molecule has 0 spiro atoms. The number of aromatic hydroxyl groups is 1. The Morgan fingerprint density at radius 3 is 1.96 bits per heavy atom. The number of esters is 4. The van der Waals surface area contributed by atoms with Crippen molar-refractivity contribution >= 4 is 103 Å². The maximum absolute atomic E-state index is 14.2. The van der Waals surface area contributed by atoms with Crippen molar-refractivity contribution in [1.82, 2.24) is 33.5 Å². The Kier molecular flexibility index (Phi) is 27.6. The van der Waals surface area contributed by atoms with Gasteiger partial charge in [0.1, 0.15) is 40.3 Å². The second-order valence-corrected chi connectivity index (χ2v) is 28.8. The first kappa shape index (κ1) is 82.5. The summed E-state index contributed by atoms with van der Waals surface area (Å²) in [7, 11) is -2.00. The number of fused-ring (bicyclic) bond motifs is 1. The summed E-state index contributed by atoms with van der Waals surface area (Å²) >= 11 is 24.1. The van der Waals surface area contributed by atoms with Gasteiger partial charge in [0.25, 0.3) is 5.56 Å². The molecular formula is C70H81Cl4F3N10O16S. The fourth-order valence-electron chi connectivity index (χ4n) is 11.3. The molecule has 34 heteroatoms. The zero-order chi connectivity index (χ0) is 77.2. The van der Waals surface area contributed by atoms with Crippen molar-refractivity contribution in [3.63, 3.8) is 0 Å². The molecule has 6 heterocycles. The molecule has 0 saturated carbocycles. The molecule has 3 aliphatic rings. The van der Waals surface area contributed by atoms with Crippen LogP contribution in [-0.2, 0) is 92.2 Å². The van der Waals surface area contributed by atoms with Gasteiger partial charge in [-0.25, -0.2) is 50.8 Å². The third-order valence-electron chi connectivity index (χ3n) is 16.5. The first-order valence-electron chi connectivity index (χ1n) is 32.9. The number of rotatable bonds is 19. The normalized spacial score (nSPS) is 15.2. The number of aromatic nitrogens is 7. The van der Waals surface area contributed by atoms with Crippen LogP contribution >= 0.6 is 46.4 Å². The fraction of sp³-hybridized carbons (Fsp3) is 0.443. The monoisotopic (exact) mass is 1550 g/mol. The molecule has 7 aromatic rings. The number of nitrogens with zero attached hydrogens (tertiary/aromatic N) is 10. The molecule has 3 aliphatic heterocycles. The Bertz CT molecular complexity index is 4710. The van der Waals surface area contributed by atoms with Crippen LogP contribution in [0.2, 0.25) is 15.1 Å². The van der Waals surface area contributed by atoms with Gasteiger partial charge in [-0.1, -0.05) is 71.5 Å². The van der Waals surface area contributed by atoms with Crippen LogP contribution < -0.4 is 21.0 Å². The highest BCUT2D eigenvalue weighted by molar-refractivity contribution is 7.90. The van der Waals surface area contributed by atoms with Gasteiger partial charge in [-0.3, -0.25) is 19.2 Å². The van der Waals surface area contributed by atoms with E-state index < -0.39 is 67.9 Å². The molecule has 3 aromatic heterocycles. The van der Waals surface area contributed by atoms with Crippen LogP contribution in [0.1, 0.15) is 137 Å². The average molecular weight is 1550 g/mol. The highest BCUT2D eigenvalue weighted by Gasteiger charge is 2.50. The number of ketones is 1. The number of ether oxygens (including phenoxy) is 5. The lowest BCUT2D eigenvalue weighted by molar-refractivity contribution is -0.148. The number of alkyl halides is 3. The zero-order valence-corrected chi connectivity index (χ0v) is 63.6. The molecule has 0 bridgehead atoms. The maximum atomic E-state index is 14.2. The van der Waals surface area contributed by atoms with Crippen LogP contribution in [0.25, 0.3) is 16.8 Å². The minimum Gasteiger partial charge on any atom is -0.493 e. The molecule has 0 saturated heterocycles. The molecule has 562 valence electrons. The second-order valence-electron chi connectivity index (χ2n) is 25.0. The Labute approximate surface area is 618 Å². The molecule has 10 rings (SSSR count). The lowest BCUT2D eigenvalue weighted by atomic mass is 9.91. The van der Waals surface area contributed by atoms with Gasteiger partial charge < -0.3 is 33.6 Å². The number of aryl methyl sites for hydroxylation is 5. The molecule has 0 radical (unpaired) electrons. The number of carbonyl (C=O) groups excluding carboxylic acids is 5. The molecule has 0 amide bonds. The average Bonchev–Trinajstić information content (AvgIpc) is 1.60. The Hall–Kier alpha value is -8.81. The van der Waals surface area contributed by atoms with E-state index in [2.05, 4.69) is 53.4 Å². The van der Waals surface area contributed by atoms with Crippen LogP contribution in [0.5, 0.6) is 11.8 Å². The molecule has 1 N–H and O–H groups in total. The van der Waals surface area contributed by atoms with E-state index in [1.54, 1.807) is 62.2 Å². The fourth-order valence-corrected chi connectivity index (χ4v) is 13.2. The van der Waals surface area contributed by atoms with E-state index in [4.69, 9.17) is 74.9 Å². The lowest BCUT2D eigenvalue weighted by Gasteiger charge is -2.32. The van der Waals surface area contributed by atoms with Crippen LogP contribution in [0.15, 0.2) is 85.5 Å². The number of hydrogen-bond acceptors (Lipinski definition) is 21.